The van der Waals surface area contributed by atoms with Gasteiger partial charge >= 0.3 is 0 Å². The Bertz CT molecular complexity index is 523. The first-order chi connectivity index (χ1) is 9.20. The number of benzene rings is 2. The van der Waals surface area contributed by atoms with E-state index in [0.717, 1.165) is 17.8 Å². The van der Waals surface area contributed by atoms with Gasteiger partial charge in [-0.3, -0.25) is 0 Å². The van der Waals surface area contributed by atoms with Crippen molar-refractivity contribution < 1.29 is 13.5 Å². The number of para-hydroxylation sites is 1. The standard InChI is InChI=1S/C14H14F2N2O/c1-19-11-7-13(15)12(14(16)8-11)9-17-18-10-5-3-2-4-6-10/h2-8,17-18H,9H2,1H3. The first-order valence-corrected chi connectivity index (χ1v) is 5.76. The Hall–Kier alpha value is -2.14. The number of hydrogen-bond donors (Lipinski definition) is 2. The molecule has 0 radical (unpaired) electrons. The Balaban J connectivity index is 2.00. The molecule has 0 bridgehead atoms. The Morgan fingerprint density at radius 3 is 2.26 bits per heavy atom. The van der Waals surface area contributed by atoms with E-state index in [-0.39, 0.29) is 17.9 Å². The van der Waals surface area contributed by atoms with Crippen LogP contribution in [0.4, 0.5) is 14.5 Å². The van der Waals surface area contributed by atoms with Crippen LogP contribution in [0, 0.1) is 11.6 Å². The highest BCUT2D eigenvalue weighted by Gasteiger charge is 2.11. The first-order valence-electron chi connectivity index (χ1n) is 5.76. The minimum absolute atomic E-state index is 0.0244. The van der Waals surface area contributed by atoms with E-state index in [1.807, 2.05) is 30.3 Å². The molecule has 0 aliphatic heterocycles. The van der Waals surface area contributed by atoms with Crippen LogP contribution in [-0.4, -0.2) is 7.11 Å². The molecule has 0 saturated carbocycles. The third kappa shape index (κ3) is 3.42. The van der Waals surface area contributed by atoms with Gasteiger partial charge in [0, 0.05) is 29.9 Å². The second-order valence-corrected chi connectivity index (χ2v) is 3.91. The summed E-state index contributed by atoms with van der Waals surface area (Å²) < 4.78 is 32.1. The third-order valence-electron chi connectivity index (χ3n) is 2.62. The molecule has 2 aromatic rings. The summed E-state index contributed by atoms with van der Waals surface area (Å²) in [4.78, 5) is 0. The number of anilines is 1. The van der Waals surface area contributed by atoms with E-state index < -0.39 is 11.6 Å². The highest BCUT2D eigenvalue weighted by molar-refractivity contribution is 5.41. The van der Waals surface area contributed by atoms with Crippen molar-refractivity contribution in [2.24, 2.45) is 0 Å². The normalized spacial score (nSPS) is 10.3. The lowest BCUT2D eigenvalue weighted by molar-refractivity contribution is 0.404. The average molecular weight is 264 g/mol. The lowest BCUT2D eigenvalue weighted by atomic mass is 10.2. The van der Waals surface area contributed by atoms with Crippen molar-refractivity contribution in [2.45, 2.75) is 6.54 Å². The molecular formula is C14H14F2N2O. The zero-order chi connectivity index (χ0) is 13.7. The molecule has 0 amide bonds. The number of nitrogens with one attached hydrogen (secondary N) is 2. The summed E-state index contributed by atoms with van der Waals surface area (Å²) in [7, 11) is 1.36. The fourth-order valence-electron chi connectivity index (χ4n) is 1.62. The largest absolute Gasteiger partial charge is 0.497 e. The number of hydrogen-bond acceptors (Lipinski definition) is 3. The predicted molar refractivity (Wildman–Crippen MR) is 69.8 cm³/mol. The van der Waals surface area contributed by atoms with Gasteiger partial charge in [-0.1, -0.05) is 18.2 Å². The van der Waals surface area contributed by atoms with E-state index >= 15 is 0 Å². The van der Waals surface area contributed by atoms with Crippen molar-refractivity contribution in [3.05, 3.63) is 59.7 Å². The average Bonchev–Trinajstić information content (AvgIpc) is 2.42. The molecule has 2 rings (SSSR count). The molecule has 3 nitrogen and oxygen atoms in total. The maximum absolute atomic E-state index is 13.6. The number of methoxy groups -OCH3 is 1. The van der Waals surface area contributed by atoms with Crippen LogP contribution in [0.1, 0.15) is 5.56 Å². The Morgan fingerprint density at radius 1 is 1.05 bits per heavy atom. The number of rotatable bonds is 5. The van der Waals surface area contributed by atoms with Crippen LogP contribution in [0.2, 0.25) is 0 Å². The number of halogens is 2. The lowest BCUT2D eigenvalue weighted by Crippen LogP contribution is -2.22. The quantitative estimate of drug-likeness (QED) is 0.814. The molecule has 5 heteroatoms. The molecule has 0 atom stereocenters. The Labute approximate surface area is 110 Å². The molecule has 0 unspecified atom stereocenters. The molecule has 0 aromatic heterocycles. The second-order valence-electron chi connectivity index (χ2n) is 3.91. The van der Waals surface area contributed by atoms with Crippen LogP contribution in [0.25, 0.3) is 0 Å². The zero-order valence-electron chi connectivity index (χ0n) is 10.4. The van der Waals surface area contributed by atoms with Crippen molar-refractivity contribution in [3.8, 4) is 5.75 Å². The van der Waals surface area contributed by atoms with Gasteiger partial charge in [-0.25, -0.2) is 14.2 Å². The molecule has 100 valence electrons. The van der Waals surface area contributed by atoms with Crippen LogP contribution in [0.15, 0.2) is 42.5 Å². The summed E-state index contributed by atoms with van der Waals surface area (Å²) in [5.74, 6) is -1.12. The molecule has 0 spiro atoms. The van der Waals surface area contributed by atoms with Gasteiger partial charge in [0.05, 0.1) is 7.11 Å². The summed E-state index contributed by atoms with van der Waals surface area (Å²) in [6.45, 7) is 0.0244. The van der Waals surface area contributed by atoms with E-state index in [0.29, 0.717) is 0 Å². The van der Waals surface area contributed by atoms with Crippen LogP contribution >= 0.6 is 0 Å². The molecule has 0 heterocycles. The van der Waals surface area contributed by atoms with Gasteiger partial charge < -0.3 is 10.2 Å². The minimum atomic E-state index is -0.640. The molecule has 2 aromatic carbocycles. The van der Waals surface area contributed by atoms with Gasteiger partial charge in [0.25, 0.3) is 0 Å². The summed E-state index contributed by atoms with van der Waals surface area (Å²) in [6.07, 6.45) is 0. The van der Waals surface area contributed by atoms with Crippen LogP contribution in [-0.2, 0) is 6.54 Å². The van der Waals surface area contributed by atoms with Crippen molar-refractivity contribution in [1.82, 2.24) is 5.43 Å². The van der Waals surface area contributed by atoms with Crippen molar-refractivity contribution in [3.63, 3.8) is 0 Å². The Kier molecular flexibility index (Phi) is 4.30. The summed E-state index contributed by atoms with van der Waals surface area (Å²) in [6, 6.07) is 11.6. The molecular weight excluding hydrogens is 250 g/mol. The highest BCUT2D eigenvalue weighted by Crippen LogP contribution is 2.20. The van der Waals surface area contributed by atoms with E-state index in [9.17, 15) is 8.78 Å². The SMILES string of the molecule is COc1cc(F)c(CNNc2ccccc2)c(F)c1. The highest BCUT2D eigenvalue weighted by atomic mass is 19.1. The third-order valence-corrected chi connectivity index (χ3v) is 2.62. The number of ether oxygens (including phenoxy) is 1. The van der Waals surface area contributed by atoms with E-state index in [1.54, 1.807) is 0 Å². The van der Waals surface area contributed by atoms with E-state index in [4.69, 9.17) is 4.74 Å². The van der Waals surface area contributed by atoms with Gasteiger partial charge in [0.2, 0.25) is 0 Å². The van der Waals surface area contributed by atoms with Gasteiger partial charge in [-0.15, -0.1) is 0 Å². The molecule has 2 N–H and O–H groups in total. The predicted octanol–water partition coefficient (Wildman–Crippen LogP) is 3.09. The van der Waals surface area contributed by atoms with Gasteiger partial charge in [-0.2, -0.15) is 0 Å². The molecule has 19 heavy (non-hydrogen) atoms. The molecule has 0 fully saturated rings. The van der Waals surface area contributed by atoms with Gasteiger partial charge in [-0.05, 0) is 12.1 Å². The van der Waals surface area contributed by atoms with Crippen LogP contribution in [0.3, 0.4) is 0 Å². The maximum atomic E-state index is 13.6. The fourth-order valence-corrected chi connectivity index (χ4v) is 1.62. The van der Waals surface area contributed by atoms with Crippen molar-refractivity contribution in [1.29, 1.82) is 0 Å². The van der Waals surface area contributed by atoms with E-state index in [2.05, 4.69) is 10.9 Å². The van der Waals surface area contributed by atoms with E-state index in [1.165, 1.54) is 7.11 Å². The Morgan fingerprint density at radius 2 is 1.68 bits per heavy atom. The van der Waals surface area contributed by atoms with Crippen LogP contribution in [0.5, 0.6) is 5.75 Å². The molecule has 0 aliphatic carbocycles. The minimum Gasteiger partial charge on any atom is -0.497 e. The monoisotopic (exact) mass is 264 g/mol. The van der Waals surface area contributed by atoms with Gasteiger partial charge in [0.1, 0.15) is 17.4 Å². The van der Waals surface area contributed by atoms with Crippen LogP contribution < -0.4 is 15.6 Å². The fraction of sp³-hybridized carbons (Fsp3) is 0.143. The topological polar surface area (TPSA) is 33.3 Å². The summed E-state index contributed by atoms with van der Waals surface area (Å²) in [5, 5.41) is 0. The molecule has 0 saturated heterocycles. The second kappa shape index (κ2) is 6.15. The first kappa shape index (κ1) is 13.3. The smallest absolute Gasteiger partial charge is 0.134 e. The van der Waals surface area contributed by atoms with Crippen molar-refractivity contribution >= 4 is 5.69 Å². The maximum Gasteiger partial charge on any atom is 0.134 e. The molecule has 0 aliphatic rings. The lowest BCUT2D eigenvalue weighted by Gasteiger charge is -2.10. The van der Waals surface area contributed by atoms with Gasteiger partial charge in [0.15, 0.2) is 0 Å². The summed E-state index contributed by atoms with van der Waals surface area (Å²) in [5.41, 5.74) is 6.41. The number of hydrazine groups is 1. The van der Waals surface area contributed by atoms with Crippen molar-refractivity contribution in [2.75, 3.05) is 12.5 Å². The zero-order valence-corrected chi connectivity index (χ0v) is 10.4. The summed E-state index contributed by atoms with van der Waals surface area (Å²) >= 11 is 0.